The fourth-order valence-electron chi connectivity index (χ4n) is 3.16. The van der Waals surface area contributed by atoms with Crippen LogP contribution < -0.4 is 5.32 Å². The van der Waals surface area contributed by atoms with E-state index in [1.807, 2.05) is 25.1 Å². The molecule has 0 saturated heterocycles. The van der Waals surface area contributed by atoms with Crippen molar-refractivity contribution in [2.45, 2.75) is 50.5 Å². The van der Waals surface area contributed by atoms with Gasteiger partial charge in [-0.15, -0.1) is 23.1 Å². The van der Waals surface area contributed by atoms with Crippen LogP contribution in [0.5, 0.6) is 0 Å². The molecule has 1 heterocycles. The first kappa shape index (κ1) is 20.0. The molecule has 0 aliphatic heterocycles. The van der Waals surface area contributed by atoms with Crippen LogP contribution >= 0.6 is 23.1 Å². The Balaban J connectivity index is 1.71. The Morgan fingerprint density at radius 1 is 1.22 bits per heavy atom. The molecule has 0 bridgehead atoms. The van der Waals surface area contributed by atoms with Crippen LogP contribution in [-0.2, 0) is 28.1 Å². The number of carbonyl (C=O) groups is 2. The number of benzene rings is 1. The number of aryl methyl sites for hydroxylation is 1. The smallest absolute Gasteiger partial charge is 0.341 e. The van der Waals surface area contributed by atoms with Crippen LogP contribution in [0.4, 0.5) is 5.00 Å². The predicted molar refractivity (Wildman–Crippen MR) is 113 cm³/mol. The average molecular weight is 404 g/mol. The number of thioether (sulfide) groups is 1. The molecule has 1 aromatic carbocycles. The summed E-state index contributed by atoms with van der Waals surface area (Å²) in [4.78, 5) is 26.4. The van der Waals surface area contributed by atoms with Crippen LogP contribution in [0.15, 0.2) is 30.3 Å². The van der Waals surface area contributed by atoms with Crippen LogP contribution in [-0.4, -0.2) is 23.7 Å². The number of hydrogen-bond donors (Lipinski definition) is 1. The lowest BCUT2D eigenvalue weighted by Gasteiger charge is -2.13. The van der Waals surface area contributed by atoms with Crippen LogP contribution in [0, 0.1) is 0 Å². The van der Waals surface area contributed by atoms with Gasteiger partial charge in [-0.1, -0.05) is 30.3 Å². The molecule has 0 radical (unpaired) electrons. The van der Waals surface area contributed by atoms with Gasteiger partial charge in [0.25, 0.3) is 0 Å². The second kappa shape index (κ2) is 9.42. The molecule has 0 unspecified atom stereocenters. The highest BCUT2D eigenvalue weighted by atomic mass is 32.2. The maximum atomic E-state index is 12.7. The molecule has 3 rings (SSSR count). The minimum absolute atomic E-state index is 0.0694. The lowest BCUT2D eigenvalue weighted by molar-refractivity contribution is -0.115. The lowest BCUT2D eigenvalue weighted by atomic mass is 9.95. The number of esters is 1. The standard InChI is InChI=1S/C21H25NO3S2/c1-3-25-21(24)18-16-11-7-8-12-17(16)27-20(18)22-19(23)14(2)26-13-15-9-5-4-6-10-15/h4-6,9-10,14H,3,7-8,11-13H2,1-2H3,(H,22,23)/t14-/m0/s1. The Morgan fingerprint density at radius 3 is 2.70 bits per heavy atom. The Labute approximate surface area is 168 Å². The van der Waals surface area contributed by atoms with E-state index in [2.05, 4.69) is 17.4 Å². The number of nitrogens with one attached hydrogen (secondary N) is 1. The average Bonchev–Trinajstić information content (AvgIpc) is 3.04. The zero-order valence-electron chi connectivity index (χ0n) is 15.7. The van der Waals surface area contributed by atoms with Gasteiger partial charge in [0, 0.05) is 10.6 Å². The summed E-state index contributed by atoms with van der Waals surface area (Å²) in [5.74, 6) is 0.387. The number of amides is 1. The van der Waals surface area contributed by atoms with Gasteiger partial charge in [-0.2, -0.15) is 0 Å². The molecule has 2 aromatic rings. The molecule has 1 atom stereocenters. The largest absolute Gasteiger partial charge is 0.462 e. The number of rotatable bonds is 7. The Bertz CT molecular complexity index is 801. The molecule has 4 nitrogen and oxygen atoms in total. The number of hydrogen-bond acceptors (Lipinski definition) is 5. The van der Waals surface area contributed by atoms with Gasteiger partial charge in [0.2, 0.25) is 5.91 Å². The van der Waals surface area contributed by atoms with Gasteiger partial charge in [0.1, 0.15) is 5.00 Å². The van der Waals surface area contributed by atoms with Crippen molar-refractivity contribution >= 4 is 40.0 Å². The van der Waals surface area contributed by atoms with E-state index in [-0.39, 0.29) is 17.1 Å². The second-order valence-electron chi connectivity index (χ2n) is 6.56. The second-order valence-corrected chi connectivity index (χ2v) is 9.00. The third-order valence-corrected chi connectivity index (χ3v) is 7.02. The van der Waals surface area contributed by atoms with Crippen molar-refractivity contribution in [1.82, 2.24) is 0 Å². The van der Waals surface area contributed by atoms with Crippen molar-refractivity contribution < 1.29 is 14.3 Å². The molecular weight excluding hydrogens is 378 g/mol. The highest BCUT2D eigenvalue weighted by Crippen LogP contribution is 2.39. The Kier molecular flexibility index (Phi) is 6.96. The van der Waals surface area contributed by atoms with Crippen molar-refractivity contribution in [2.75, 3.05) is 11.9 Å². The quantitative estimate of drug-likeness (QED) is 0.656. The highest BCUT2D eigenvalue weighted by Gasteiger charge is 2.28. The van der Waals surface area contributed by atoms with E-state index in [9.17, 15) is 9.59 Å². The van der Waals surface area contributed by atoms with Crippen molar-refractivity contribution in [3.63, 3.8) is 0 Å². The summed E-state index contributed by atoms with van der Waals surface area (Å²) in [6.07, 6.45) is 4.06. The molecule has 1 aromatic heterocycles. The van der Waals surface area contributed by atoms with E-state index < -0.39 is 0 Å². The van der Waals surface area contributed by atoms with Gasteiger partial charge < -0.3 is 10.1 Å². The third-order valence-electron chi connectivity index (χ3n) is 4.60. The topological polar surface area (TPSA) is 55.4 Å². The summed E-state index contributed by atoms with van der Waals surface area (Å²) < 4.78 is 5.25. The van der Waals surface area contributed by atoms with E-state index in [4.69, 9.17) is 4.74 Å². The molecule has 0 saturated carbocycles. The zero-order valence-corrected chi connectivity index (χ0v) is 17.4. The van der Waals surface area contributed by atoms with Crippen LogP contribution in [0.2, 0.25) is 0 Å². The Hall–Kier alpha value is -1.79. The van der Waals surface area contributed by atoms with Gasteiger partial charge >= 0.3 is 5.97 Å². The number of thiophene rings is 1. The van der Waals surface area contributed by atoms with Crippen molar-refractivity contribution in [1.29, 1.82) is 0 Å². The first-order valence-electron chi connectivity index (χ1n) is 9.38. The van der Waals surface area contributed by atoms with E-state index in [1.54, 1.807) is 18.7 Å². The summed E-state index contributed by atoms with van der Waals surface area (Å²) in [7, 11) is 0. The maximum absolute atomic E-state index is 12.7. The monoisotopic (exact) mass is 403 g/mol. The van der Waals surface area contributed by atoms with Crippen molar-refractivity contribution in [3.8, 4) is 0 Å². The van der Waals surface area contributed by atoms with Crippen LogP contribution in [0.1, 0.15) is 53.1 Å². The van der Waals surface area contributed by atoms with Gasteiger partial charge in [-0.3, -0.25) is 4.79 Å². The van der Waals surface area contributed by atoms with E-state index in [0.29, 0.717) is 17.2 Å². The van der Waals surface area contributed by atoms with E-state index in [1.165, 1.54) is 21.8 Å². The first-order chi connectivity index (χ1) is 13.1. The fourth-order valence-corrected chi connectivity index (χ4v) is 5.28. The molecule has 6 heteroatoms. The number of fused-ring (bicyclic) bond motifs is 1. The molecular formula is C21H25NO3S2. The van der Waals surface area contributed by atoms with Crippen molar-refractivity contribution in [2.24, 2.45) is 0 Å². The SMILES string of the molecule is CCOC(=O)c1c(NC(=O)[C@H](C)SCc2ccccc2)sc2c1CCCC2. The van der Waals surface area contributed by atoms with Crippen LogP contribution in [0.25, 0.3) is 0 Å². The lowest BCUT2D eigenvalue weighted by Crippen LogP contribution is -2.23. The summed E-state index contributed by atoms with van der Waals surface area (Å²) in [5, 5.41) is 3.44. The van der Waals surface area contributed by atoms with Gasteiger partial charge in [0.05, 0.1) is 17.4 Å². The number of ether oxygens (including phenoxy) is 1. The fraction of sp³-hybridized carbons (Fsp3) is 0.429. The van der Waals surface area contributed by atoms with Crippen molar-refractivity contribution in [3.05, 3.63) is 51.9 Å². The normalized spacial score (nSPS) is 14.3. The minimum Gasteiger partial charge on any atom is -0.462 e. The molecule has 1 aliphatic rings. The third kappa shape index (κ3) is 4.93. The summed E-state index contributed by atoms with van der Waals surface area (Å²) in [6.45, 7) is 4.04. The Morgan fingerprint density at radius 2 is 1.96 bits per heavy atom. The van der Waals surface area contributed by atoms with Gasteiger partial charge in [-0.05, 0) is 50.7 Å². The van der Waals surface area contributed by atoms with Gasteiger partial charge in [-0.25, -0.2) is 4.79 Å². The number of carbonyl (C=O) groups excluding carboxylic acids is 2. The predicted octanol–water partition coefficient (Wildman–Crippen LogP) is 5.06. The minimum atomic E-state index is -0.322. The molecule has 27 heavy (non-hydrogen) atoms. The first-order valence-corrected chi connectivity index (χ1v) is 11.2. The molecule has 1 aliphatic carbocycles. The van der Waals surface area contributed by atoms with Crippen LogP contribution in [0.3, 0.4) is 0 Å². The summed E-state index contributed by atoms with van der Waals surface area (Å²) >= 11 is 3.13. The molecule has 0 spiro atoms. The summed E-state index contributed by atoms with van der Waals surface area (Å²) in [5.41, 5.74) is 2.84. The zero-order chi connectivity index (χ0) is 19.2. The van der Waals surface area contributed by atoms with Gasteiger partial charge in [0.15, 0.2) is 0 Å². The van der Waals surface area contributed by atoms with E-state index >= 15 is 0 Å². The molecule has 1 N–H and O–H groups in total. The molecule has 144 valence electrons. The highest BCUT2D eigenvalue weighted by molar-refractivity contribution is 7.99. The molecule has 0 fully saturated rings. The van der Waals surface area contributed by atoms with E-state index in [0.717, 1.165) is 37.0 Å². The molecule has 1 amide bonds. The number of anilines is 1. The maximum Gasteiger partial charge on any atom is 0.341 e. The summed E-state index contributed by atoms with van der Waals surface area (Å²) in [6, 6.07) is 10.1.